The van der Waals surface area contributed by atoms with Crippen molar-refractivity contribution in [3.63, 3.8) is 0 Å². The number of aromatic nitrogens is 3. The van der Waals surface area contributed by atoms with Crippen LogP contribution in [0.4, 0.5) is 14.6 Å². The summed E-state index contributed by atoms with van der Waals surface area (Å²) in [4.78, 5) is 33.5. The number of fused-ring (bicyclic) bond motifs is 1. The molecule has 0 aromatic carbocycles. The maximum Gasteiger partial charge on any atom is 0.260 e. The quantitative estimate of drug-likeness (QED) is 0.606. The molecule has 1 amide bonds. The number of nitrogens with zero attached hydrogens (tertiary/aromatic N) is 3. The maximum atomic E-state index is 13.1. The van der Waals surface area contributed by atoms with Crippen LogP contribution < -0.4 is 10.9 Å². The van der Waals surface area contributed by atoms with Crippen molar-refractivity contribution in [2.75, 3.05) is 5.32 Å². The molecular formula is C23H24F2N4O3. The number of aliphatic hydroxyl groups is 1. The molecule has 9 heteroatoms. The second-order valence-electron chi connectivity index (χ2n) is 8.29. The largest absolute Gasteiger partial charge is 0.387 e. The first-order chi connectivity index (χ1) is 15.1. The molecule has 0 saturated heterocycles. The van der Waals surface area contributed by atoms with Crippen LogP contribution in [0.25, 0.3) is 22.0 Å². The van der Waals surface area contributed by atoms with Gasteiger partial charge in [-0.15, -0.1) is 0 Å². The van der Waals surface area contributed by atoms with E-state index < -0.39 is 30.3 Å². The molecule has 1 aliphatic carbocycles. The molecule has 1 saturated carbocycles. The summed E-state index contributed by atoms with van der Waals surface area (Å²) in [7, 11) is 1.59. The van der Waals surface area contributed by atoms with Gasteiger partial charge in [0, 0.05) is 48.4 Å². The lowest BCUT2D eigenvalue weighted by atomic mass is 10.0. The molecule has 3 aromatic heterocycles. The Kier molecular flexibility index (Phi) is 5.54. The summed E-state index contributed by atoms with van der Waals surface area (Å²) in [6.07, 6.45) is 3.39. The number of aryl methyl sites for hydroxylation is 2. The zero-order chi connectivity index (χ0) is 23.2. The summed E-state index contributed by atoms with van der Waals surface area (Å²) in [5.41, 5.74) is 2.68. The average molecular weight is 442 g/mol. The predicted molar refractivity (Wildman–Crippen MR) is 117 cm³/mol. The number of nitrogens with one attached hydrogen (secondary N) is 1. The Morgan fingerprint density at radius 3 is 2.62 bits per heavy atom. The summed E-state index contributed by atoms with van der Waals surface area (Å²) < 4.78 is 27.7. The van der Waals surface area contributed by atoms with E-state index in [-0.39, 0.29) is 11.4 Å². The van der Waals surface area contributed by atoms with E-state index in [0.29, 0.717) is 34.1 Å². The molecule has 7 nitrogen and oxygen atoms in total. The smallest absolute Gasteiger partial charge is 0.260 e. The van der Waals surface area contributed by atoms with Gasteiger partial charge >= 0.3 is 0 Å². The van der Waals surface area contributed by atoms with Crippen LogP contribution in [0.3, 0.4) is 0 Å². The first kappa shape index (κ1) is 22.0. The fourth-order valence-corrected chi connectivity index (χ4v) is 3.80. The Hall–Kier alpha value is -3.20. The van der Waals surface area contributed by atoms with Crippen LogP contribution >= 0.6 is 0 Å². The maximum absolute atomic E-state index is 13.1. The third-order valence-corrected chi connectivity index (χ3v) is 5.83. The number of amides is 1. The minimum atomic E-state index is -2.96. The van der Waals surface area contributed by atoms with Gasteiger partial charge in [-0.05, 0) is 31.0 Å². The van der Waals surface area contributed by atoms with Gasteiger partial charge < -0.3 is 15.0 Å². The Labute approximate surface area is 183 Å². The summed E-state index contributed by atoms with van der Waals surface area (Å²) in [5.74, 6) is -4.97. The van der Waals surface area contributed by atoms with Crippen molar-refractivity contribution in [3.05, 3.63) is 52.2 Å². The number of pyridine rings is 3. The van der Waals surface area contributed by atoms with Crippen molar-refractivity contribution in [2.45, 2.75) is 45.1 Å². The minimum Gasteiger partial charge on any atom is -0.387 e. The first-order valence-corrected chi connectivity index (χ1v) is 10.5. The van der Waals surface area contributed by atoms with E-state index in [1.807, 2.05) is 13.8 Å². The topological polar surface area (TPSA) is 97.1 Å². The van der Waals surface area contributed by atoms with Crippen molar-refractivity contribution >= 4 is 22.6 Å². The van der Waals surface area contributed by atoms with Gasteiger partial charge in [-0.25, -0.2) is 13.8 Å². The van der Waals surface area contributed by atoms with Gasteiger partial charge in [0.2, 0.25) is 5.91 Å². The molecule has 0 spiro atoms. The predicted octanol–water partition coefficient (Wildman–Crippen LogP) is 3.73. The zero-order valence-corrected chi connectivity index (χ0v) is 18.0. The highest BCUT2D eigenvalue weighted by Gasteiger charge is 2.61. The molecule has 3 aromatic rings. The van der Waals surface area contributed by atoms with Gasteiger partial charge in [0.25, 0.3) is 11.5 Å². The van der Waals surface area contributed by atoms with Crippen molar-refractivity contribution in [3.8, 4) is 11.1 Å². The second-order valence-corrected chi connectivity index (χ2v) is 8.29. The van der Waals surface area contributed by atoms with Gasteiger partial charge in [0.05, 0.1) is 17.3 Å². The number of alkyl halides is 2. The van der Waals surface area contributed by atoms with Crippen LogP contribution in [0.5, 0.6) is 0 Å². The van der Waals surface area contributed by atoms with Gasteiger partial charge in [-0.1, -0.05) is 13.3 Å². The molecule has 2 atom stereocenters. The van der Waals surface area contributed by atoms with Crippen LogP contribution in [0, 0.1) is 12.8 Å². The zero-order valence-electron chi connectivity index (χ0n) is 18.0. The van der Waals surface area contributed by atoms with Crippen molar-refractivity contribution < 1.29 is 18.7 Å². The van der Waals surface area contributed by atoms with E-state index in [0.717, 1.165) is 12.0 Å². The van der Waals surface area contributed by atoms with Crippen LogP contribution in [0.1, 0.15) is 43.5 Å². The molecular weight excluding hydrogens is 418 g/mol. The third kappa shape index (κ3) is 4.00. The van der Waals surface area contributed by atoms with Crippen LogP contribution in [0.15, 0.2) is 35.4 Å². The highest BCUT2D eigenvalue weighted by molar-refractivity contribution is 5.96. The molecule has 1 fully saturated rings. The average Bonchev–Trinajstić information content (AvgIpc) is 3.40. The number of hydrogen-bond donors (Lipinski definition) is 2. The Bertz CT molecular complexity index is 1270. The summed E-state index contributed by atoms with van der Waals surface area (Å²) in [6.45, 7) is 3.84. The van der Waals surface area contributed by atoms with Crippen molar-refractivity contribution in [1.82, 2.24) is 14.5 Å². The Morgan fingerprint density at radius 1 is 1.28 bits per heavy atom. The van der Waals surface area contributed by atoms with E-state index in [2.05, 4.69) is 15.3 Å². The number of carbonyl (C=O) groups is 1. The molecule has 168 valence electrons. The third-order valence-electron chi connectivity index (χ3n) is 5.83. The van der Waals surface area contributed by atoms with Crippen LogP contribution in [-0.4, -0.2) is 31.5 Å². The molecule has 4 rings (SSSR count). The molecule has 0 aliphatic heterocycles. The molecule has 0 radical (unpaired) electrons. The summed E-state index contributed by atoms with van der Waals surface area (Å²) >= 11 is 0. The molecule has 2 N–H and O–H groups in total. The summed E-state index contributed by atoms with van der Waals surface area (Å²) in [5, 5.41) is 13.2. The van der Waals surface area contributed by atoms with E-state index in [1.165, 1.54) is 16.8 Å². The molecule has 0 bridgehead atoms. The fourth-order valence-electron chi connectivity index (χ4n) is 3.80. The Balaban J connectivity index is 1.68. The number of rotatable bonds is 6. The normalized spacial score (nSPS) is 17.9. The lowest BCUT2D eigenvalue weighted by Gasteiger charge is -2.14. The number of hydrogen-bond acceptors (Lipinski definition) is 5. The number of halogens is 2. The minimum absolute atomic E-state index is 0.111. The molecule has 3 heterocycles. The van der Waals surface area contributed by atoms with Gasteiger partial charge in [0.15, 0.2) is 0 Å². The lowest BCUT2D eigenvalue weighted by Crippen LogP contribution is -2.21. The van der Waals surface area contributed by atoms with Gasteiger partial charge in [0.1, 0.15) is 11.7 Å². The monoisotopic (exact) mass is 442 g/mol. The number of carbonyl (C=O) groups excluding carboxylic acids is 1. The fraction of sp³-hybridized carbons (Fsp3) is 0.391. The van der Waals surface area contributed by atoms with E-state index in [1.54, 1.807) is 25.4 Å². The molecule has 1 aliphatic rings. The highest BCUT2D eigenvalue weighted by Crippen LogP contribution is 2.49. The lowest BCUT2D eigenvalue weighted by molar-refractivity contribution is -0.119. The highest BCUT2D eigenvalue weighted by atomic mass is 19.3. The Morgan fingerprint density at radius 2 is 2.00 bits per heavy atom. The van der Waals surface area contributed by atoms with E-state index in [4.69, 9.17) is 0 Å². The van der Waals surface area contributed by atoms with E-state index in [9.17, 15) is 23.5 Å². The second kappa shape index (κ2) is 8.05. The van der Waals surface area contributed by atoms with Crippen molar-refractivity contribution in [1.29, 1.82) is 0 Å². The van der Waals surface area contributed by atoms with E-state index >= 15 is 0 Å². The number of anilines is 1. The standard InChI is InChI=1S/C23H24F2N4O3/c1-4-5-19(30)17-6-12(2)15(11-26-17)14-7-13-10-27-20(8-18(13)29(3)22(14)32)28-21(31)16-9-23(16,24)25/h6-8,10-11,16,19,30H,4-5,9H2,1-3H3,(H,27,28,31)/t16-,19?/m1/s1. The number of aliphatic hydroxyl groups excluding tert-OH is 1. The van der Waals surface area contributed by atoms with Crippen LogP contribution in [-0.2, 0) is 11.8 Å². The molecule has 1 unspecified atom stereocenters. The summed E-state index contributed by atoms with van der Waals surface area (Å²) in [6, 6.07) is 4.97. The first-order valence-electron chi connectivity index (χ1n) is 10.5. The SMILES string of the molecule is CCCC(O)c1cc(C)c(-c2cc3cnc(NC(=O)[C@H]4CC4(F)F)cc3n(C)c2=O)cn1. The van der Waals surface area contributed by atoms with Crippen molar-refractivity contribution in [2.24, 2.45) is 13.0 Å². The van der Waals surface area contributed by atoms with Gasteiger partial charge in [-0.2, -0.15) is 0 Å². The molecule has 32 heavy (non-hydrogen) atoms. The van der Waals surface area contributed by atoms with Crippen LogP contribution in [0.2, 0.25) is 0 Å². The van der Waals surface area contributed by atoms with Gasteiger partial charge in [-0.3, -0.25) is 14.6 Å².